The molecule has 7 nitrogen and oxygen atoms in total. The zero-order valence-electron chi connectivity index (χ0n) is 24.3. The van der Waals surface area contributed by atoms with E-state index in [1.165, 1.54) is 19.3 Å². The van der Waals surface area contributed by atoms with E-state index < -0.39 is 5.41 Å². The molecule has 2 amide bonds. The minimum atomic E-state index is -0.504. The lowest BCUT2D eigenvalue weighted by Gasteiger charge is -2.36. The number of aromatic nitrogens is 3. The zero-order chi connectivity index (χ0) is 27.4. The van der Waals surface area contributed by atoms with E-state index in [2.05, 4.69) is 36.7 Å². The molecule has 0 radical (unpaired) electrons. The number of aryl methyl sites for hydroxylation is 2. The molecule has 3 aliphatic rings. The molecule has 1 aromatic carbocycles. The molecule has 38 heavy (non-hydrogen) atoms. The maximum absolute atomic E-state index is 13.8. The van der Waals surface area contributed by atoms with Crippen LogP contribution in [0.1, 0.15) is 107 Å². The molecule has 0 spiro atoms. The quantitative estimate of drug-likeness (QED) is 0.487. The summed E-state index contributed by atoms with van der Waals surface area (Å²) in [5, 5.41) is 12.7. The Labute approximate surface area is 227 Å². The number of nitrogens with zero attached hydrogens (tertiary/aromatic N) is 4. The Balaban J connectivity index is 1.43. The van der Waals surface area contributed by atoms with E-state index in [4.69, 9.17) is 10.2 Å². The van der Waals surface area contributed by atoms with Crippen LogP contribution in [-0.2, 0) is 9.59 Å². The first-order valence-corrected chi connectivity index (χ1v) is 14.5. The van der Waals surface area contributed by atoms with Crippen LogP contribution < -0.4 is 5.32 Å². The number of hydrogen-bond donors (Lipinski definition) is 1. The van der Waals surface area contributed by atoms with Crippen molar-refractivity contribution < 1.29 is 9.59 Å². The van der Waals surface area contributed by atoms with Crippen LogP contribution in [0.2, 0.25) is 0 Å². The number of benzene rings is 1. The summed E-state index contributed by atoms with van der Waals surface area (Å²) in [5.74, 6) is 3.46. The number of carbonyl (C=O) groups is 2. The van der Waals surface area contributed by atoms with Gasteiger partial charge in [0.1, 0.15) is 11.6 Å². The average Bonchev–Trinajstić information content (AvgIpc) is 3.40. The van der Waals surface area contributed by atoms with Crippen LogP contribution in [0.25, 0.3) is 0 Å². The van der Waals surface area contributed by atoms with E-state index in [9.17, 15) is 9.59 Å². The fraction of sp³-hybridized carbons (Fsp3) is 0.677. The molecule has 206 valence electrons. The topological polar surface area (TPSA) is 80.1 Å². The van der Waals surface area contributed by atoms with Gasteiger partial charge in [-0.3, -0.25) is 9.59 Å². The summed E-state index contributed by atoms with van der Waals surface area (Å²) < 4.78 is 2.38. The van der Waals surface area contributed by atoms with Gasteiger partial charge in [0.25, 0.3) is 0 Å². The number of rotatable bonds is 7. The van der Waals surface area contributed by atoms with Crippen LogP contribution in [-0.4, -0.2) is 44.6 Å². The lowest BCUT2D eigenvalue weighted by atomic mass is 9.71. The molecule has 0 unspecified atom stereocenters. The highest BCUT2D eigenvalue weighted by atomic mass is 16.2. The molecule has 1 aromatic heterocycles. The van der Waals surface area contributed by atoms with Crippen LogP contribution in [0.4, 0.5) is 5.69 Å². The first-order chi connectivity index (χ1) is 17.9. The van der Waals surface area contributed by atoms with E-state index in [1.807, 2.05) is 44.7 Å². The molecular formula is C31H45N5O2. The van der Waals surface area contributed by atoms with Crippen molar-refractivity contribution in [1.29, 1.82) is 0 Å². The largest absolute Gasteiger partial charge is 0.341 e. The standard InChI is InChI=1S/C31H45N5O2/c1-18(2)12-21-14-22(15-21)27-33-34-28(36(27)23-9-10-23)24-16-35(30(38)31(5,6)7)17-25(24)29(37)32-26-11-8-19(3)13-20(26)4/h8,11,13,18,21-25H,9-10,12,14-17H2,1-7H3,(H,32,37)/t21?,22?,24-,25-/m0/s1. The number of anilines is 1. The van der Waals surface area contributed by atoms with Crippen molar-refractivity contribution in [3.05, 3.63) is 41.0 Å². The van der Waals surface area contributed by atoms with Gasteiger partial charge < -0.3 is 14.8 Å². The van der Waals surface area contributed by atoms with Gasteiger partial charge in [0.05, 0.1) is 11.8 Å². The molecule has 2 heterocycles. The molecule has 1 aliphatic heterocycles. The van der Waals surface area contributed by atoms with Gasteiger partial charge in [-0.1, -0.05) is 52.3 Å². The van der Waals surface area contributed by atoms with E-state index in [0.717, 1.165) is 53.1 Å². The third-order valence-electron chi connectivity index (χ3n) is 8.62. The molecule has 0 bridgehead atoms. The highest BCUT2D eigenvalue weighted by molar-refractivity contribution is 5.95. The van der Waals surface area contributed by atoms with Crippen molar-refractivity contribution in [2.24, 2.45) is 23.2 Å². The van der Waals surface area contributed by atoms with Crippen molar-refractivity contribution in [3.63, 3.8) is 0 Å². The third kappa shape index (κ3) is 5.39. The van der Waals surface area contributed by atoms with Gasteiger partial charge in [0, 0.05) is 36.2 Å². The fourth-order valence-electron chi connectivity index (χ4n) is 6.51. The summed E-state index contributed by atoms with van der Waals surface area (Å²) in [6.45, 7) is 15.4. The number of likely N-dealkylation sites (tertiary alicyclic amines) is 1. The summed E-state index contributed by atoms with van der Waals surface area (Å²) in [6.07, 6.45) is 5.90. The predicted octanol–water partition coefficient (Wildman–Crippen LogP) is 6.00. The van der Waals surface area contributed by atoms with Crippen LogP contribution in [0.5, 0.6) is 0 Å². The normalized spacial score (nSPS) is 25.5. The molecule has 5 rings (SSSR count). The number of carbonyl (C=O) groups excluding carboxylic acids is 2. The monoisotopic (exact) mass is 519 g/mol. The van der Waals surface area contributed by atoms with Gasteiger partial charge in [-0.2, -0.15) is 0 Å². The predicted molar refractivity (Wildman–Crippen MR) is 150 cm³/mol. The number of nitrogens with one attached hydrogen (secondary N) is 1. The van der Waals surface area contributed by atoms with E-state index in [-0.39, 0.29) is 23.7 Å². The van der Waals surface area contributed by atoms with Crippen LogP contribution in [0.3, 0.4) is 0 Å². The molecule has 1 N–H and O–H groups in total. The number of hydrogen-bond acceptors (Lipinski definition) is 4. The van der Waals surface area contributed by atoms with Gasteiger partial charge in [0.15, 0.2) is 0 Å². The first-order valence-electron chi connectivity index (χ1n) is 14.5. The molecule has 1 saturated heterocycles. The molecule has 3 fully saturated rings. The Bertz CT molecular complexity index is 1200. The summed E-state index contributed by atoms with van der Waals surface area (Å²) in [6, 6.07) is 6.50. The highest BCUT2D eigenvalue weighted by Crippen LogP contribution is 2.48. The summed E-state index contributed by atoms with van der Waals surface area (Å²) in [4.78, 5) is 29.0. The van der Waals surface area contributed by atoms with E-state index in [1.54, 1.807) is 0 Å². The molecule has 7 heteroatoms. The zero-order valence-corrected chi connectivity index (χ0v) is 24.3. The highest BCUT2D eigenvalue weighted by Gasteiger charge is 2.47. The van der Waals surface area contributed by atoms with Gasteiger partial charge in [-0.25, -0.2) is 0 Å². The molecule has 2 saturated carbocycles. The molecule has 2 atom stereocenters. The molecular weight excluding hydrogens is 474 g/mol. The first kappa shape index (κ1) is 26.9. The molecule has 2 aromatic rings. The Kier molecular flexibility index (Phi) is 7.16. The Morgan fingerprint density at radius 1 is 1.05 bits per heavy atom. The Morgan fingerprint density at radius 3 is 2.34 bits per heavy atom. The second kappa shape index (κ2) is 10.1. The third-order valence-corrected chi connectivity index (χ3v) is 8.62. The van der Waals surface area contributed by atoms with Crippen molar-refractivity contribution in [1.82, 2.24) is 19.7 Å². The second-order valence-electron chi connectivity index (χ2n) is 13.7. The number of amides is 2. The maximum atomic E-state index is 13.8. The summed E-state index contributed by atoms with van der Waals surface area (Å²) in [7, 11) is 0. The van der Waals surface area contributed by atoms with Crippen LogP contribution in [0, 0.1) is 37.0 Å². The van der Waals surface area contributed by atoms with Gasteiger partial charge in [-0.05, 0) is 69.4 Å². The fourth-order valence-corrected chi connectivity index (χ4v) is 6.51. The van der Waals surface area contributed by atoms with E-state index in [0.29, 0.717) is 25.0 Å². The minimum absolute atomic E-state index is 0.0429. The van der Waals surface area contributed by atoms with Gasteiger partial charge >= 0.3 is 0 Å². The maximum Gasteiger partial charge on any atom is 0.230 e. The Morgan fingerprint density at radius 2 is 1.74 bits per heavy atom. The van der Waals surface area contributed by atoms with Crippen LogP contribution >= 0.6 is 0 Å². The minimum Gasteiger partial charge on any atom is -0.341 e. The van der Waals surface area contributed by atoms with Crippen LogP contribution in [0.15, 0.2) is 18.2 Å². The van der Waals surface area contributed by atoms with Crippen molar-refractivity contribution >= 4 is 17.5 Å². The molecule has 2 aliphatic carbocycles. The lowest BCUT2D eigenvalue weighted by molar-refractivity contribution is -0.138. The average molecular weight is 520 g/mol. The van der Waals surface area contributed by atoms with Crippen molar-refractivity contribution in [2.75, 3.05) is 18.4 Å². The smallest absolute Gasteiger partial charge is 0.230 e. The van der Waals surface area contributed by atoms with E-state index >= 15 is 0 Å². The second-order valence-corrected chi connectivity index (χ2v) is 13.7. The van der Waals surface area contributed by atoms with Gasteiger partial charge in [0.2, 0.25) is 11.8 Å². The van der Waals surface area contributed by atoms with Gasteiger partial charge in [-0.15, -0.1) is 10.2 Å². The van der Waals surface area contributed by atoms with Crippen molar-refractivity contribution in [2.45, 2.75) is 98.4 Å². The van der Waals surface area contributed by atoms with Crippen molar-refractivity contribution in [3.8, 4) is 0 Å². The lowest BCUT2D eigenvalue weighted by Crippen LogP contribution is -2.38. The summed E-state index contributed by atoms with van der Waals surface area (Å²) >= 11 is 0. The SMILES string of the molecule is Cc1ccc(NC(=O)[C@H]2CN(C(=O)C(C)(C)C)C[C@@H]2c2nnc(C3CC(CC(C)C)C3)n2C2CC2)c(C)c1. The summed E-state index contributed by atoms with van der Waals surface area (Å²) in [5.41, 5.74) is 2.53. The Hall–Kier alpha value is -2.70.